The van der Waals surface area contributed by atoms with Gasteiger partial charge >= 0.3 is 17.9 Å². The van der Waals surface area contributed by atoms with E-state index in [1.54, 1.807) is 27.7 Å². The lowest BCUT2D eigenvalue weighted by atomic mass is 9.99. The maximum absolute atomic E-state index is 13.1. The zero-order valence-corrected chi connectivity index (χ0v) is 23.8. The third kappa shape index (κ3) is 15.0. The van der Waals surface area contributed by atoms with Crippen molar-refractivity contribution in [2.24, 2.45) is 23.3 Å². The van der Waals surface area contributed by atoms with Crippen LogP contribution in [-0.4, -0.2) is 93.6 Å². The minimum Gasteiger partial charge on any atom is -0.481 e. The van der Waals surface area contributed by atoms with Crippen LogP contribution in [0.1, 0.15) is 66.2 Å². The molecule has 0 aliphatic carbocycles. The van der Waals surface area contributed by atoms with Crippen molar-refractivity contribution in [1.29, 1.82) is 0 Å². The smallest absolute Gasteiger partial charge is 0.326 e. The van der Waals surface area contributed by atoms with Crippen LogP contribution in [0.5, 0.6) is 0 Å². The monoisotopic (exact) mass is 588 g/mol. The first-order valence-corrected chi connectivity index (χ1v) is 13.3. The Morgan fingerprint density at radius 1 is 0.659 bits per heavy atom. The molecule has 0 aliphatic rings. The zero-order valence-electron chi connectivity index (χ0n) is 23.8. The molecule has 0 unspecified atom stereocenters. The number of carbonyl (C=O) groups excluding carboxylic acids is 4. The fraction of sp³-hybridized carbons (Fsp3) is 0.720. The Balaban J connectivity index is 5.75. The summed E-state index contributed by atoms with van der Waals surface area (Å²) in [5.41, 5.74) is 11.0. The van der Waals surface area contributed by atoms with E-state index in [-0.39, 0.29) is 18.8 Å². The molecule has 0 saturated carbocycles. The summed E-state index contributed by atoms with van der Waals surface area (Å²) in [6.07, 6.45) is -0.472. The summed E-state index contributed by atoms with van der Waals surface area (Å²) in [4.78, 5) is 85.3. The summed E-state index contributed by atoms with van der Waals surface area (Å²) >= 11 is 0. The van der Waals surface area contributed by atoms with E-state index in [1.165, 1.54) is 0 Å². The van der Waals surface area contributed by atoms with E-state index >= 15 is 0 Å². The lowest BCUT2D eigenvalue weighted by Gasteiger charge is -2.28. The average molecular weight is 589 g/mol. The molecule has 0 aromatic heterocycles. The van der Waals surface area contributed by atoms with E-state index in [2.05, 4.69) is 21.3 Å². The summed E-state index contributed by atoms with van der Waals surface area (Å²) in [5.74, 6) is -8.38. The van der Waals surface area contributed by atoms with Gasteiger partial charge in [-0.3, -0.25) is 28.8 Å². The molecular formula is C25H44N6O10. The molecule has 16 nitrogen and oxygen atoms in total. The number of nitrogens with one attached hydrogen (secondary N) is 4. The molecule has 0 fully saturated rings. The van der Waals surface area contributed by atoms with Gasteiger partial charge in [-0.2, -0.15) is 0 Å². The van der Waals surface area contributed by atoms with Gasteiger partial charge in [-0.1, -0.05) is 27.7 Å². The summed E-state index contributed by atoms with van der Waals surface area (Å²) in [5, 5.41) is 37.0. The quantitative estimate of drug-likeness (QED) is 0.0706. The maximum atomic E-state index is 13.1. The molecule has 0 aliphatic heterocycles. The molecule has 41 heavy (non-hydrogen) atoms. The van der Waals surface area contributed by atoms with Crippen LogP contribution in [-0.2, 0) is 33.6 Å². The summed E-state index contributed by atoms with van der Waals surface area (Å²) in [7, 11) is 0. The van der Waals surface area contributed by atoms with E-state index in [0.717, 1.165) is 0 Å². The largest absolute Gasteiger partial charge is 0.481 e. The highest BCUT2D eigenvalue weighted by Crippen LogP contribution is 2.10. The molecule has 0 saturated heterocycles. The van der Waals surface area contributed by atoms with Crippen molar-refractivity contribution in [3.8, 4) is 0 Å². The zero-order chi connectivity index (χ0) is 31.9. The van der Waals surface area contributed by atoms with Gasteiger partial charge in [-0.05, 0) is 44.1 Å². The number of hydrogen-bond donors (Lipinski definition) is 9. The lowest BCUT2D eigenvalue weighted by molar-refractivity contribution is -0.144. The SMILES string of the molecule is CC(C)C[C@H](NC(=O)[C@@H](N)CC(=O)O)C(=O)N[C@H](C(=O)N[C@@H](CC(=O)O)C(=O)N[C@@H](CCCCN)C(=O)O)C(C)C. The summed E-state index contributed by atoms with van der Waals surface area (Å²) in [6, 6.07) is -6.88. The van der Waals surface area contributed by atoms with Crippen molar-refractivity contribution < 1.29 is 48.9 Å². The highest BCUT2D eigenvalue weighted by atomic mass is 16.4. The molecule has 0 rings (SSSR count). The number of carboxylic acid groups (broad SMARTS) is 3. The van der Waals surface area contributed by atoms with Crippen LogP contribution in [0.4, 0.5) is 0 Å². The Hall–Kier alpha value is -3.79. The highest BCUT2D eigenvalue weighted by Gasteiger charge is 2.34. The summed E-state index contributed by atoms with van der Waals surface area (Å²) < 4.78 is 0. The van der Waals surface area contributed by atoms with E-state index < -0.39 is 90.5 Å². The fourth-order valence-corrected chi connectivity index (χ4v) is 3.72. The van der Waals surface area contributed by atoms with Crippen LogP contribution < -0.4 is 32.7 Å². The molecule has 16 heteroatoms. The molecule has 0 heterocycles. The van der Waals surface area contributed by atoms with E-state index in [1.807, 2.05) is 0 Å². The van der Waals surface area contributed by atoms with Crippen LogP contribution in [0, 0.1) is 11.8 Å². The van der Waals surface area contributed by atoms with Gasteiger partial charge in [0.05, 0.1) is 18.9 Å². The van der Waals surface area contributed by atoms with Gasteiger partial charge in [0.25, 0.3) is 0 Å². The van der Waals surface area contributed by atoms with Gasteiger partial charge in [0.15, 0.2) is 0 Å². The van der Waals surface area contributed by atoms with Gasteiger partial charge in [0.2, 0.25) is 23.6 Å². The molecule has 0 bridgehead atoms. The predicted octanol–water partition coefficient (Wildman–Crippen LogP) is -1.88. The molecule has 0 spiro atoms. The molecule has 11 N–H and O–H groups in total. The third-order valence-corrected chi connectivity index (χ3v) is 5.89. The normalized spacial score (nSPS) is 14.7. The van der Waals surface area contributed by atoms with Gasteiger partial charge in [0.1, 0.15) is 24.2 Å². The number of nitrogens with two attached hydrogens (primary N) is 2. The van der Waals surface area contributed by atoms with E-state index in [9.17, 15) is 43.8 Å². The number of unbranched alkanes of at least 4 members (excludes halogenated alkanes) is 1. The second kappa shape index (κ2) is 18.5. The van der Waals surface area contributed by atoms with Crippen molar-refractivity contribution in [3.05, 3.63) is 0 Å². The van der Waals surface area contributed by atoms with Crippen molar-refractivity contribution in [3.63, 3.8) is 0 Å². The first-order valence-electron chi connectivity index (χ1n) is 13.3. The fourth-order valence-electron chi connectivity index (χ4n) is 3.72. The maximum Gasteiger partial charge on any atom is 0.326 e. The molecule has 234 valence electrons. The van der Waals surface area contributed by atoms with Crippen LogP contribution in [0.2, 0.25) is 0 Å². The number of carboxylic acids is 3. The van der Waals surface area contributed by atoms with Crippen LogP contribution in [0.15, 0.2) is 0 Å². The second-order valence-electron chi connectivity index (χ2n) is 10.5. The minimum atomic E-state index is -1.66. The molecule has 4 amide bonds. The molecular weight excluding hydrogens is 544 g/mol. The topological polar surface area (TPSA) is 280 Å². The number of hydrogen-bond acceptors (Lipinski definition) is 9. The first kappa shape index (κ1) is 37.2. The average Bonchev–Trinajstić information content (AvgIpc) is 2.84. The van der Waals surface area contributed by atoms with Crippen molar-refractivity contribution >= 4 is 41.5 Å². The van der Waals surface area contributed by atoms with E-state index in [0.29, 0.717) is 19.4 Å². The van der Waals surface area contributed by atoms with Crippen LogP contribution in [0.3, 0.4) is 0 Å². The first-order chi connectivity index (χ1) is 19.0. The summed E-state index contributed by atoms with van der Waals surface area (Å²) in [6.45, 7) is 7.01. The van der Waals surface area contributed by atoms with E-state index in [4.69, 9.17) is 16.6 Å². The van der Waals surface area contributed by atoms with Gasteiger partial charge < -0.3 is 48.1 Å². The second-order valence-corrected chi connectivity index (χ2v) is 10.5. The molecule has 0 aromatic carbocycles. The van der Waals surface area contributed by atoms with Gasteiger partial charge in [0, 0.05) is 0 Å². The lowest BCUT2D eigenvalue weighted by Crippen LogP contribution is -2.60. The van der Waals surface area contributed by atoms with Gasteiger partial charge in [-0.15, -0.1) is 0 Å². The number of carbonyl (C=O) groups is 7. The predicted molar refractivity (Wildman–Crippen MR) is 145 cm³/mol. The Bertz CT molecular complexity index is 942. The van der Waals surface area contributed by atoms with Crippen molar-refractivity contribution in [2.75, 3.05) is 6.54 Å². The number of rotatable bonds is 20. The Kier molecular flexibility index (Phi) is 16.8. The standard InChI is InChI=1S/C25H44N6O10/c1-12(2)9-16(29-21(36)14(27)10-18(32)33)23(38)31-20(13(3)4)24(39)30-17(11-19(34)35)22(37)28-15(25(40)41)7-5-6-8-26/h12-17,20H,5-11,26-27H2,1-4H3,(H,28,37)(H,29,36)(H,30,39)(H,31,38)(H,32,33)(H,34,35)(H,40,41)/t14-,15-,16-,17-,20-/m0/s1. The van der Waals surface area contributed by atoms with Crippen molar-refractivity contribution in [1.82, 2.24) is 21.3 Å². The highest BCUT2D eigenvalue weighted by molar-refractivity contribution is 5.96. The van der Waals surface area contributed by atoms with Gasteiger partial charge in [-0.25, -0.2) is 4.79 Å². The molecule has 0 radical (unpaired) electrons. The third-order valence-electron chi connectivity index (χ3n) is 5.89. The number of amides is 4. The van der Waals surface area contributed by atoms with Crippen LogP contribution >= 0.6 is 0 Å². The van der Waals surface area contributed by atoms with Crippen molar-refractivity contribution in [2.45, 2.75) is 96.4 Å². The Morgan fingerprint density at radius 2 is 1.17 bits per heavy atom. The molecule has 5 atom stereocenters. The Morgan fingerprint density at radius 3 is 1.63 bits per heavy atom. The number of aliphatic carboxylic acids is 3. The Labute approximate surface area is 238 Å². The van der Waals surface area contributed by atoms with Crippen LogP contribution in [0.25, 0.3) is 0 Å². The molecule has 0 aromatic rings. The minimum absolute atomic E-state index is 0.0375.